The molecular formula is C18H19F3N2O4S2. The van der Waals surface area contributed by atoms with Gasteiger partial charge in [0.25, 0.3) is 0 Å². The number of nitrogens with zero attached hydrogens (tertiary/aromatic N) is 1. The average Bonchev–Trinajstić information content (AvgIpc) is 3.32. The zero-order valence-electron chi connectivity index (χ0n) is 15.2. The first kappa shape index (κ1) is 21.6. The first-order valence-corrected chi connectivity index (χ1v) is 11.2. The highest BCUT2D eigenvalue weighted by atomic mass is 32.2. The van der Waals surface area contributed by atoms with E-state index in [0.29, 0.717) is 6.54 Å². The molecule has 1 aliphatic heterocycles. The monoisotopic (exact) mass is 448 g/mol. The van der Waals surface area contributed by atoms with Crippen molar-refractivity contribution in [3.63, 3.8) is 0 Å². The highest BCUT2D eigenvalue weighted by molar-refractivity contribution is 7.89. The minimum Gasteiger partial charge on any atom is -0.406 e. The Morgan fingerprint density at radius 2 is 1.97 bits per heavy atom. The van der Waals surface area contributed by atoms with Crippen LogP contribution in [0.25, 0.3) is 0 Å². The van der Waals surface area contributed by atoms with Gasteiger partial charge in [0, 0.05) is 24.4 Å². The van der Waals surface area contributed by atoms with Gasteiger partial charge in [-0.1, -0.05) is 6.07 Å². The molecule has 1 saturated heterocycles. The molecule has 0 bridgehead atoms. The molecule has 1 N–H and O–H groups in total. The lowest BCUT2D eigenvalue weighted by Crippen LogP contribution is -2.34. The van der Waals surface area contributed by atoms with Crippen molar-refractivity contribution in [3.8, 4) is 5.75 Å². The minimum atomic E-state index is -4.85. The molecule has 1 aromatic heterocycles. The Balaban J connectivity index is 1.54. The second-order valence-corrected chi connectivity index (χ2v) is 9.17. The fraction of sp³-hybridized carbons (Fsp3) is 0.389. The number of carbonyl (C=O) groups excluding carboxylic acids is 1. The van der Waals surface area contributed by atoms with Crippen LogP contribution in [-0.4, -0.2) is 38.7 Å². The number of sulfonamides is 1. The quantitative estimate of drug-likeness (QED) is 0.701. The van der Waals surface area contributed by atoms with Crippen LogP contribution in [0.5, 0.6) is 5.75 Å². The van der Waals surface area contributed by atoms with Crippen molar-refractivity contribution in [3.05, 3.63) is 46.7 Å². The van der Waals surface area contributed by atoms with Gasteiger partial charge in [-0.15, -0.1) is 24.5 Å². The summed E-state index contributed by atoms with van der Waals surface area (Å²) in [5, 5.41) is 1.95. The third kappa shape index (κ3) is 5.71. The van der Waals surface area contributed by atoms with Gasteiger partial charge in [0.2, 0.25) is 15.9 Å². The summed E-state index contributed by atoms with van der Waals surface area (Å²) < 4.78 is 67.1. The van der Waals surface area contributed by atoms with Crippen molar-refractivity contribution in [2.75, 3.05) is 13.1 Å². The molecular weight excluding hydrogens is 429 g/mol. The summed E-state index contributed by atoms with van der Waals surface area (Å²) in [5.74, 6) is -0.655. The lowest BCUT2D eigenvalue weighted by atomic mass is 10.2. The molecule has 1 aliphatic rings. The van der Waals surface area contributed by atoms with Gasteiger partial charge in [-0.25, -0.2) is 13.1 Å². The average molecular weight is 448 g/mol. The SMILES string of the molecule is O=C(CCNS(=O)(=O)c1ccc(OC(F)(F)F)cc1)N1CCCC1c1cccs1. The van der Waals surface area contributed by atoms with Crippen molar-refractivity contribution in [1.82, 2.24) is 9.62 Å². The van der Waals surface area contributed by atoms with Gasteiger partial charge in [0.15, 0.2) is 0 Å². The number of ether oxygens (including phenoxy) is 1. The molecule has 0 radical (unpaired) electrons. The van der Waals surface area contributed by atoms with Gasteiger partial charge < -0.3 is 9.64 Å². The Morgan fingerprint density at radius 3 is 2.59 bits per heavy atom. The number of hydrogen-bond donors (Lipinski definition) is 1. The molecule has 29 heavy (non-hydrogen) atoms. The Kier molecular flexibility index (Phi) is 6.49. The number of nitrogens with one attached hydrogen (secondary N) is 1. The Morgan fingerprint density at radius 1 is 1.24 bits per heavy atom. The molecule has 11 heteroatoms. The Labute approximate surface area is 170 Å². The van der Waals surface area contributed by atoms with Crippen LogP contribution in [0.1, 0.15) is 30.2 Å². The molecule has 1 fully saturated rings. The van der Waals surface area contributed by atoms with Crippen LogP contribution in [0, 0.1) is 0 Å². The van der Waals surface area contributed by atoms with E-state index >= 15 is 0 Å². The zero-order valence-corrected chi connectivity index (χ0v) is 16.8. The zero-order chi connectivity index (χ0) is 21.1. The number of halogens is 3. The summed E-state index contributed by atoms with van der Waals surface area (Å²) >= 11 is 1.59. The van der Waals surface area contributed by atoms with Crippen LogP contribution in [-0.2, 0) is 14.8 Å². The van der Waals surface area contributed by atoms with Crippen molar-refractivity contribution in [2.24, 2.45) is 0 Å². The lowest BCUT2D eigenvalue weighted by Gasteiger charge is -2.24. The summed E-state index contributed by atoms with van der Waals surface area (Å²) in [5.41, 5.74) is 0. The molecule has 158 valence electrons. The van der Waals surface area contributed by atoms with E-state index in [2.05, 4.69) is 9.46 Å². The van der Waals surface area contributed by atoms with Crippen LogP contribution < -0.4 is 9.46 Å². The first-order chi connectivity index (χ1) is 13.7. The highest BCUT2D eigenvalue weighted by Crippen LogP contribution is 2.34. The van der Waals surface area contributed by atoms with Gasteiger partial charge in [-0.2, -0.15) is 0 Å². The maximum atomic E-state index is 12.5. The summed E-state index contributed by atoms with van der Waals surface area (Å²) in [6, 6.07) is 7.80. The molecule has 1 unspecified atom stereocenters. The van der Waals surface area contributed by atoms with Gasteiger partial charge >= 0.3 is 6.36 Å². The number of benzene rings is 1. The van der Waals surface area contributed by atoms with Crippen molar-refractivity contribution in [2.45, 2.75) is 36.6 Å². The number of amides is 1. The second kappa shape index (κ2) is 8.72. The third-order valence-electron chi connectivity index (χ3n) is 4.44. The standard InChI is InChI=1S/C18H19F3N2O4S2/c19-18(20,21)27-13-5-7-14(8-6-13)29(25,26)22-10-9-17(24)23-11-1-3-15(23)16-4-2-12-28-16/h2,4-8,12,15,22H,1,3,9-11H2. The van der Waals surface area contributed by atoms with Crippen LogP contribution in [0.15, 0.2) is 46.7 Å². The smallest absolute Gasteiger partial charge is 0.406 e. The molecule has 2 heterocycles. The van der Waals surface area contributed by atoms with E-state index < -0.39 is 22.1 Å². The molecule has 2 aromatic rings. The molecule has 0 aliphatic carbocycles. The van der Waals surface area contributed by atoms with E-state index in [-0.39, 0.29) is 29.8 Å². The molecule has 0 saturated carbocycles. The van der Waals surface area contributed by atoms with Gasteiger partial charge in [-0.3, -0.25) is 4.79 Å². The fourth-order valence-corrected chi connectivity index (χ4v) is 5.09. The van der Waals surface area contributed by atoms with Crippen LogP contribution in [0.3, 0.4) is 0 Å². The van der Waals surface area contributed by atoms with E-state index in [4.69, 9.17) is 0 Å². The number of alkyl halides is 3. The molecule has 1 amide bonds. The normalized spacial score (nSPS) is 17.5. The molecule has 3 rings (SSSR count). The summed E-state index contributed by atoms with van der Waals surface area (Å²) in [6.07, 6.45) is -3.08. The van der Waals surface area contributed by atoms with Crippen molar-refractivity contribution < 1.29 is 31.1 Å². The van der Waals surface area contributed by atoms with Gasteiger partial charge in [0.1, 0.15) is 5.75 Å². The maximum absolute atomic E-state index is 12.5. The van der Waals surface area contributed by atoms with Crippen LogP contribution >= 0.6 is 11.3 Å². The maximum Gasteiger partial charge on any atom is 0.573 e. The van der Waals surface area contributed by atoms with Crippen molar-refractivity contribution >= 4 is 27.3 Å². The van der Waals surface area contributed by atoms with Crippen LogP contribution in [0.2, 0.25) is 0 Å². The fourth-order valence-electron chi connectivity index (χ4n) is 3.18. The Hall–Kier alpha value is -2.11. The number of rotatable bonds is 7. The topological polar surface area (TPSA) is 75.7 Å². The number of likely N-dealkylation sites (tertiary alicyclic amines) is 1. The third-order valence-corrected chi connectivity index (χ3v) is 6.89. The van der Waals surface area contributed by atoms with Crippen LogP contribution in [0.4, 0.5) is 13.2 Å². The second-order valence-electron chi connectivity index (χ2n) is 6.43. The predicted molar refractivity (Wildman–Crippen MR) is 101 cm³/mol. The van der Waals surface area contributed by atoms with E-state index in [0.717, 1.165) is 42.0 Å². The van der Waals surface area contributed by atoms with Gasteiger partial charge in [-0.05, 0) is 48.6 Å². The van der Waals surface area contributed by atoms with Gasteiger partial charge in [0.05, 0.1) is 10.9 Å². The summed E-state index contributed by atoms with van der Waals surface area (Å²) in [6.45, 7) is 0.532. The summed E-state index contributed by atoms with van der Waals surface area (Å²) in [4.78, 5) is 15.2. The summed E-state index contributed by atoms with van der Waals surface area (Å²) in [7, 11) is -3.95. The predicted octanol–water partition coefficient (Wildman–Crippen LogP) is 3.68. The largest absolute Gasteiger partial charge is 0.573 e. The first-order valence-electron chi connectivity index (χ1n) is 8.84. The molecule has 6 nitrogen and oxygen atoms in total. The molecule has 1 aromatic carbocycles. The lowest BCUT2D eigenvalue weighted by molar-refractivity contribution is -0.274. The highest BCUT2D eigenvalue weighted by Gasteiger charge is 2.32. The Bertz CT molecular complexity index is 929. The van der Waals surface area contributed by atoms with Crippen molar-refractivity contribution in [1.29, 1.82) is 0 Å². The molecule has 1 atom stereocenters. The van der Waals surface area contributed by atoms with E-state index in [1.54, 1.807) is 16.2 Å². The number of thiophene rings is 1. The number of hydrogen-bond acceptors (Lipinski definition) is 5. The van der Waals surface area contributed by atoms with E-state index in [1.165, 1.54) is 0 Å². The minimum absolute atomic E-state index is 0.00360. The molecule has 0 spiro atoms. The number of carbonyl (C=O) groups is 1. The van der Waals surface area contributed by atoms with E-state index in [9.17, 15) is 26.4 Å². The van der Waals surface area contributed by atoms with E-state index in [1.807, 2.05) is 17.5 Å².